The van der Waals surface area contributed by atoms with Gasteiger partial charge in [0.1, 0.15) is 5.76 Å². The highest BCUT2D eigenvalue weighted by Crippen LogP contribution is 2.18. The maximum atomic E-state index is 12.2. The van der Waals surface area contributed by atoms with Crippen molar-refractivity contribution in [1.29, 1.82) is 0 Å². The van der Waals surface area contributed by atoms with Gasteiger partial charge in [-0.1, -0.05) is 11.2 Å². The van der Waals surface area contributed by atoms with E-state index in [0.29, 0.717) is 9.97 Å². The summed E-state index contributed by atoms with van der Waals surface area (Å²) in [6.07, 6.45) is 1.43. The molecule has 0 aromatic carbocycles. The highest BCUT2D eigenvalue weighted by atomic mass is 32.2. The highest BCUT2D eigenvalue weighted by Gasteiger charge is 2.14. The molecule has 0 aliphatic carbocycles. The molecule has 0 unspecified atom stereocenters. The van der Waals surface area contributed by atoms with Crippen LogP contribution in [0.4, 0.5) is 0 Å². The lowest BCUT2D eigenvalue weighted by molar-refractivity contribution is 0.0996. The molecule has 2 heterocycles. The lowest BCUT2D eigenvalue weighted by Crippen LogP contribution is -2.02. The SMILES string of the molecule is Cc1cc(C(=O)N=[S@](C)(=O)c2cccs2)no1. The lowest BCUT2D eigenvalue weighted by atomic mass is 10.4. The monoisotopic (exact) mass is 270 g/mol. The Bertz CT molecular complexity index is 649. The smallest absolute Gasteiger partial charge is 0.307 e. The average Bonchev–Trinajstić information content (AvgIpc) is 2.86. The molecule has 0 aliphatic heterocycles. The number of rotatable bonds is 2. The molecule has 0 spiro atoms. The van der Waals surface area contributed by atoms with Crippen LogP contribution in [0.1, 0.15) is 16.2 Å². The van der Waals surface area contributed by atoms with Crippen molar-refractivity contribution in [1.82, 2.24) is 5.16 Å². The summed E-state index contributed by atoms with van der Waals surface area (Å²) >= 11 is 1.31. The summed E-state index contributed by atoms with van der Waals surface area (Å²) < 4.78 is 21.3. The Kier molecular flexibility index (Phi) is 3.12. The zero-order chi connectivity index (χ0) is 12.5. The van der Waals surface area contributed by atoms with Crippen LogP contribution in [0.25, 0.3) is 0 Å². The number of hydrogen-bond donors (Lipinski definition) is 0. The summed E-state index contributed by atoms with van der Waals surface area (Å²) in [6.45, 7) is 1.67. The maximum Gasteiger partial charge on any atom is 0.307 e. The maximum absolute atomic E-state index is 12.2. The van der Waals surface area contributed by atoms with Gasteiger partial charge in [-0.3, -0.25) is 4.79 Å². The second-order valence-corrected chi connectivity index (χ2v) is 6.89. The molecule has 2 aromatic rings. The fourth-order valence-corrected chi connectivity index (χ4v) is 3.47. The predicted molar refractivity (Wildman–Crippen MR) is 64.6 cm³/mol. The number of thiophene rings is 1. The van der Waals surface area contributed by atoms with Crippen LogP contribution in [0, 0.1) is 6.92 Å². The van der Waals surface area contributed by atoms with Gasteiger partial charge in [-0.15, -0.1) is 11.3 Å². The van der Waals surface area contributed by atoms with Crippen LogP contribution in [-0.2, 0) is 9.73 Å². The molecule has 0 bridgehead atoms. The topological polar surface area (TPSA) is 72.5 Å². The van der Waals surface area contributed by atoms with Crippen LogP contribution >= 0.6 is 11.3 Å². The van der Waals surface area contributed by atoms with E-state index in [-0.39, 0.29) is 5.69 Å². The van der Waals surface area contributed by atoms with Crippen molar-refractivity contribution < 1.29 is 13.5 Å². The first-order valence-corrected chi connectivity index (χ1v) is 7.53. The molecular formula is C10H10N2O3S2. The van der Waals surface area contributed by atoms with Crippen LogP contribution in [0.2, 0.25) is 0 Å². The summed E-state index contributed by atoms with van der Waals surface area (Å²) in [6, 6.07) is 4.93. The molecule has 0 saturated heterocycles. The van der Waals surface area contributed by atoms with Gasteiger partial charge in [-0.2, -0.15) is 4.36 Å². The molecule has 90 valence electrons. The van der Waals surface area contributed by atoms with Crippen LogP contribution in [-0.4, -0.2) is 21.5 Å². The van der Waals surface area contributed by atoms with Crippen molar-refractivity contribution in [2.45, 2.75) is 11.1 Å². The summed E-state index contributed by atoms with van der Waals surface area (Å²) in [5.74, 6) is -0.106. The molecule has 2 rings (SSSR count). The highest BCUT2D eigenvalue weighted by molar-refractivity contribution is 7.95. The van der Waals surface area contributed by atoms with Gasteiger partial charge < -0.3 is 4.52 Å². The van der Waals surface area contributed by atoms with Gasteiger partial charge in [0.05, 0.1) is 13.9 Å². The summed E-state index contributed by atoms with van der Waals surface area (Å²) in [4.78, 5) is 11.7. The van der Waals surface area contributed by atoms with E-state index in [1.807, 2.05) is 0 Å². The normalized spacial score (nSPS) is 14.2. The summed E-state index contributed by atoms with van der Waals surface area (Å²) in [5, 5.41) is 5.33. The largest absolute Gasteiger partial charge is 0.361 e. The Hall–Kier alpha value is -1.47. The van der Waals surface area contributed by atoms with E-state index >= 15 is 0 Å². The third-order valence-corrected chi connectivity index (χ3v) is 5.25. The lowest BCUT2D eigenvalue weighted by Gasteiger charge is -1.97. The van der Waals surface area contributed by atoms with Gasteiger partial charge in [0.25, 0.3) is 0 Å². The Morgan fingerprint density at radius 1 is 1.59 bits per heavy atom. The molecule has 7 heteroatoms. The van der Waals surface area contributed by atoms with E-state index in [1.54, 1.807) is 24.4 Å². The number of carbonyl (C=O) groups excluding carboxylic acids is 1. The molecule has 0 aliphatic rings. The molecule has 2 aromatic heterocycles. The molecule has 0 fully saturated rings. The molecule has 1 amide bonds. The fraction of sp³-hybridized carbons (Fsp3) is 0.200. The van der Waals surface area contributed by atoms with Crippen molar-refractivity contribution >= 4 is 27.0 Å². The molecule has 0 saturated carbocycles. The first kappa shape index (κ1) is 12.0. The van der Waals surface area contributed by atoms with Gasteiger partial charge in [0.15, 0.2) is 5.69 Å². The molecule has 0 N–H and O–H groups in total. The minimum absolute atomic E-state index is 0.0774. The van der Waals surface area contributed by atoms with E-state index in [1.165, 1.54) is 23.7 Å². The second-order valence-electron chi connectivity index (χ2n) is 3.45. The van der Waals surface area contributed by atoms with Gasteiger partial charge in [-0.25, -0.2) is 4.21 Å². The number of nitrogens with zero attached hydrogens (tertiary/aromatic N) is 2. The zero-order valence-corrected chi connectivity index (χ0v) is 10.9. The molecule has 1 atom stereocenters. The predicted octanol–water partition coefficient (Wildman–Crippen LogP) is 2.34. The minimum atomic E-state index is -2.69. The zero-order valence-electron chi connectivity index (χ0n) is 9.25. The Morgan fingerprint density at radius 2 is 2.35 bits per heavy atom. The third-order valence-electron chi connectivity index (χ3n) is 1.97. The van der Waals surface area contributed by atoms with Crippen molar-refractivity contribution in [2.24, 2.45) is 4.36 Å². The average molecular weight is 270 g/mol. The number of aryl methyl sites for hydroxylation is 1. The van der Waals surface area contributed by atoms with Gasteiger partial charge in [0, 0.05) is 12.3 Å². The second kappa shape index (κ2) is 4.42. The van der Waals surface area contributed by atoms with Crippen LogP contribution in [0.5, 0.6) is 0 Å². The van der Waals surface area contributed by atoms with E-state index in [0.717, 1.165) is 0 Å². The van der Waals surface area contributed by atoms with E-state index in [4.69, 9.17) is 4.52 Å². The molecule has 5 nitrogen and oxygen atoms in total. The number of aromatic nitrogens is 1. The van der Waals surface area contributed by atoms with Crippen molar-refractivity contribution in [3.63, 3.8) is 0 Å². The van der Waals surface area contributed by atoms with Crippen molar-refractivity contribution in [2.75, 3.05) is 6.26 Å². The Morgan fingerprint density at radius 3 is 2.88 bits per heavy atom. The molecule has 17 heavy (non-hydrogen) atoms. The van der Waals surface area contributed by atoms with Crippen molar-refractivity contribution in [3.05, 3.63) is 35.0 Å². The van der Waals surface area contributed by atoms with Gasteiger partial charge >= 0.3 is 5.91 Å². The molecular weight excluding hydrogens is 260 g/mol. The van der Waals surface area contributed by atoms with Gasteiger partial charge in [0.2, 0.25) is 0 Å². The summed E-state index contributed by atoms with van der Waals surface area (Å²) in [5.41, 5.74) is 0.0774. The standard InChI is InChI=1S/C10H10N2O3S2/c1-7-6-8(11-15-7)10(13)12-17(2,14)9-4-3-5-16-9/h3-6H,1-2H3/t17-/m1/s1. The third kappa shape index (κ3) is 2.62. The Balaban J connectivity index is 2.37. The Labute approximate surface area is 103 Å². The number of amides is 1. The number of carbonyl (C=O) groups is 1. The quantitative estimate of drug-likeness (QED) is 0.839. The van der Waals surface area contributed by atoms with Crippen LogP contribution in [0.3, 0.4) is 0 Å². The first-order valence-electron chi connectivity index (χ1n) is 4.72. The van der Waals surface area contributed by atoms with Crippen molar-refractivity contribution in [3.8, 4) is 0 Å². The van der Waals surface area contributed by atoms with E-state index in [9.17, 15) is 9.00 Å². The summed E-state index contributed by atoms with van der Waals surface area (Å²) in [7, 11) is -2.69. The van der Waals surface area contributed by atoms with Crippen LogP contribution in [0.15, 0.2) is 36.7 Å². The number of hydrogen-bond acceptors (Lipinski definition) is 5. The fourth-order valence-electron chi connectivity index (χ4n) is 1.20. The first-order chi connectivity index (χ1) is 7.99. The van der Waals surface area contributed by atoms with Gasteiger partial charge in [-0.05, 0) is 18.4 Å². The minimum Gasteiger partial charge on any atom is -0.361 e. The molecule has 0 radical (unpaired) electrons. The van der Waals surface area contributed by atoms with Crippen LogP contribution < -0.4 is 0 Å². The van der Waals surface area contributed by atoms with E-state index in [2.05, 4.69) is 9.52 Å². The van der Waals surface area contributed by atoms with E-state index < -0.39 is 15.6 Å².